The number of nitrogens with one attached hydrogen (secondary N) is 1. The van der Waals surface area contributed by atoms with Crippen molar-refractivity contribution in [3.63, 3.8) is 0 Å². The molecule has 1 aliphatic rings. The molecule has 15 heavy (non-hydrogen) atoms. The van der Waals surface area contributed by atoms with Crippen molar-refractivity contribution in [3.8, 4) is 0 Å². The summed E-state index contributed by atoms with van der Waals surface area (Å²) < 4.78 is 0. The molecular formula is C13H19NO. The summed E-state index contributed by atoms with van der Waals surface area (Å²) in [5.41, 5.74) is 2.54. The maximum absolute atomic E-state index is 9.68. The number of benzene rings is 1. The number of aliphatic hydroxyl groups is 1. The van der Waals surface area contributed by atoms with Crippen LogP contribution in [0.5, 0.6) is 0 Å². The fourth-order valence-corrected chi connectivity index (χ4v) is 2.59. The smallest absolute Gasteiger partial charge is 0.0540 e. The first kappa shape index (κ1) is 10.7. The average molecular weight is 205 g/mol. The lowest BCUT2D eigenvalue weighted by Gasteiger charge is -2.37. The van der Waals surface area contributed by atoms with Gasteiger partial charge in [-0.1, -0.05) is 24.3 Å². The molecule has 0 spiro atoms. The summed E-state index contributed by atoms with van der Waals surface area (Å²) in [5.74, 6) is 0. The molecule has 1 fully saturated rings. The highest BCUT2D eigenvalue weighted by atomic mass is 16.3. The number of piperidine rings is 1. The van der Waals surface area contributed by atoms with Crippen molar-refractivity contribution in [3.05, 3.63) is 35.4 Å². The molecule has 2 rings (SSSR count). The normalized spacial score (nSPS) is 26.5. The maximum Gasteiger partial charge on any atom is 0.0540 e. The van der Waals surface area contributed by atoms with Gasteiger partial charge in [-0.3, -0.25) is 0 Å². The monoisotopic (exact) mass is 205 g/mol. The van der Waals surface area contributed by atoms with Crippen LogP contribution in [0, 0.1) is 6.92 Å². The van der Waals surface area contributed by atoms with Gasteiger partial charge in [-0.25, -0.2) is 0 Å². The molecule has 0 bridgehead atoms. The molecule has 1 atom stereocenters. The Hall–Kier alpha value is -0.860. The van der Waals surface area contributed by atoms with Crippen molar-refractivity contribution >= 4 is 0 Å². The van der Waals surface area contributed by atoms with Crippen LogP contribution in [0.4, 0.5) is 0 Å². The first-order valence-electron chi connectivity index (χ1n) is 5.66. The average Bonchev–Trinajstić information content (AvgIpc) is 2.30. The lowest BCUT2D eigenvalue weighted by Crippen LogP contribution is -2.46. The van der Waals surface area contributed by atoms with Crippen LogP contribution >= 0.6 is 0 Å². The van der Waals surface area contributed by atoms with E-state index in [9.17, 15) is 5.11 Å². The zero-order chi connectivity index (χ0) is 10.7. The summed E-state index contributed by atoms with van der Waals surface area (Å²) in [5, 5.41) is 13.1. The van der Waals surface area contributed by atoms with Crippen LogP contribution in [-0.2, 0) is 5.41 Å². The fraction of sp³-hybridized carbons (Fsp3) is 0.538. The SMILES string of the molecule is Cc1ccccc1C1(CO)CCCNC1. The Bertz CT molecular complexity index is 329. The van der Waals surface area contributed by atoms with E-state index in [1.807, 2.05) is 0 Å². The van der Waals surface area contributed by atoms with Crippen molar-refractivity contribution in [2.24, 2.45) is 0 Å². The zero-order valence-electron chi connectivity index (χ0n) is 9.29. The van der Waals surface area contributed by atoms with E-state index >= 15 is 0 Å². The van der Waals surface area contributed by atoms with E-state index in [4.69, 9.17) is 0 Å². The summed E-state index contributed by atoms with van der Waals surface area (Å²) in [6, 6.07) is 8.40. The summed E-state index contributed by atoms with van der Waals surface area (Å²) in [6.45, 7) is 4.34. The largest absolute Gasteiger partial charge is 0.395 e. The summed E-state index contributed by atoms with van der Waals surface area (Å²) in [6.07, 6.45) is 2.23. The van der Waals surface area contributed by atoms with E-state index in [0.29, 0.717) is 0 Å². The molecule has 1 saturated heterocycles. The van der Waals surface area contributed by atoms with E-state index in [2.05, 4.69) is 36.5 Å². The molecule has 1 unspecified atom stereocenters. The number of aryl methyl sites for hydroxylation is 1. The third kappa shape index (κ3) is 1.92. The van der Waals surface area contributed by atoms with Crippen LogP contribution in [-0.4, -0.2) is 24.8 Å². The molecule has 1 aliphatic heterocycles. The standard InChI is InChI=1S/C13H19NO/c1-11-5-2-3-6-12(11)13(10-15)7-4-8-14-9-13/h2-3,5-6,14-15H,4,7-10H2,1H3. The van der Waals surface area contributed by atoms with Gasteiger partial charge in [0, 0.05) is 12.0 Å². The van der Waals surface area contributed by atoms with Gasteiger partial charge in [0.15, 0.2) is 0 Å². The highest BCUT2D eigenvalue weighted by Gasteiger charge is 2.34. The fourth-order valence-electron chi connectivity index (χ4n) is 2.59. The Morgan fingerprint density at radius 2 is 2.20 bits per heavy atom. The summed E-state index contributed by atoms with van der Waals surface area (Å²) >= 11 is 0. The Morgan fingerprint density at radius 3 is 2.80 bits per heavy atom. The molecule has 2 nitrogen and oxygen atoms in total. The number of hydrogen-bond acceptors (Lipinski definition) is 2. The topological polar surface area (TPSA) is 32.3 Å². The van der Waals surface area contributed by atoms with E-state index in [-0.39, 0.29) is 12.0 Å². The van der Waals surface area contributed by atoms with Crippen LogP contribution in [0.2, 0.25) is 0 Å². The van der Waals surface area contributed by atoms with Crippen molar-refractivity contribution in [1.82, 2.24) is 5.32 Å². The molecular weight excluding hydrogens is 186 g/mol. The molecule has 1 aromatic carbocycles. The molecule has 2 N–H and O–H groups in total. The number of hydrogen-bond donors (Lipinski definition) is 2. The second kappa shape index (κ2) is 4.33. The van der Waals surface area contributed by atoms with Gasteiger partial charge in [0.2, 0.25) is 0 Å². The van der Waals surface area contributed by atoms with Crippen molar-refractivity contribution < 1.29 is 5.11 Å². The van der Waals surface area contributed by atoms with E-state index in [1.165, 1.54) is 11.1 Å². The van der Waals surface area contributed by atoms with Crippen molar-refractivity contribution in [2.45, 2.75) is 25.2 Å². The second-order valence-corrected chi connectivity index (χ2v) is 4.53. The first-order chi connectivity index (χ1) is 7.28. The molecule has 0 radical (unpaired) electrons. The van der Waals surface area contributed by atoms with Gasteiger partial charge in [0.1, 0.15) is 0 Å². The van der Waals surface area contributed by atoms with E-state index in [1.54, 1.807) is 0 Å². The van der Waals surface area contributed by atoms with Crippen molar-refractivity contribution in [2.75, 3.05) is 19.7 Å². The highest BCUT2D eigenvalue weighted by Crippen LogP contribution is 2.32. The van der Waals surface area contributed by atoms with Gasteiger partial charge in [-0.15, -0.1) is 0 Å². The minimum absolute atomic E-state index is 0.0520. The Kier molecular flexibility index (Phi) is 3.08. The quantitative estimate of drug-likeness (QED) is 0.769. The Morgan fingerprint density at radius 1 is 1.40 bits per heavy atom. The molecule has 0 amide bonds. The van der Waals surface area contributed by atoms with Crippen LogP contribution < -0.4 is 5.32 Å². The van der Waals surface area contributed by atoms with Crippen LogP contribution in [0.3, 0.4) is 0 Å². The van der Waals surface area contributed by atoms with Gasteiger partial charge in [-0.05, 0) is 37.4 Å². The van der Waals surface area contributed by atoms with Gasteiger partial charge in [0.25, 0.3) is 0 Å². The predicted octanol–water partition coefficient (Wildman–Crippen LogP) is 1.61. The molecule has 1 aromatic rings. The molecule has 0 aromatic heterocycles. The van der Waals surface area contributed by atoms with Crippen molar-refractivity contribution in [1.29, 1.82) is 0 Å². The van der Waals surface area contributed by atoms with Gasteiger partial charge in [0.05, 0.1) is 6.61 Å². The highest BCUT2D eigenvalue weighted by molar-refractivity contribution is 5.34. The van der Waals surface area contributed by atoms with Crippen LogP contribution in [0.15, 0.2) is 24.3 Å². The summed E-state index contributed by atoms with van der Waals surface area (Å²) in [7, 11) is 0. The molecule has 1 heterocycles. The molecule has 0 aliphatic carbocycles. The molecule has 82 valence electrons. The van der Waals surface area contributed by atoms with Crippen LogP contribution in [0.25, 0.3) is 0 Å². The zero-order valence-corrected chi connectivity index (χ0v) is 9.29. The lowest BCUT2D eigenvalue weighted by atomic mass is 9.74. The van der Waals surface area contributed by atoms with Gasteiger partial charge >= 0.3 is 0 Å². The van der Waals surface area contributed by atoms with Crippen LogP contribution in [0.1, 0.15) is 24.0 Å². The third-order valence-corrected chi connectivity index (χ3v) is 3.49. The first-order valence-corrected chi connectivity index (χ1v) is 5.66. The lowest BCUT2D eigenvalue weighted by molar-refractivity contribution is 0.162. The minimum atomic E-state index is -0.0520. The summed E-state index contributed by atoms with van der Waals surface area (Å²) in [4.78, 5) is 0. The molecule has 0 saturated carbocycles. The predicted molar refractivity (Wildman–Crippen MR) is 62.0 cm³/mol. The Balaban J connectivity index is 2.36. The van der Waals surface area contributed by atoms with E-state index < -0.39 is 0 Å². The molecule has 2 heteroatoms. The minimum Gasteiger partial charge on any atom is -0.395 e. The van der Waals surface area contributed by atoms with E-state index in [0.717, 1.165) is 25.9 Å². The number of aliphatic hydroxyl groups excluding tert-OH is 1. The maximum atomic E-state index is 9.68. The Labute approximate surface area is 91.3 Å². The number of rotatable bonds is 2. The van der Waals surface area contributed by atoms with Gasteiger partial charge < -0.3 is 10.4 Å². The third-order valence-electron chi connectivity index (χ3n) is 3.49. The van der Waals surface area contributed by atoms with Gasteiger partial charge in [-0.2, -0.15) is 0 Å². The second-order valence-electron chi connectivity index (χ2n) is 4.53.